The number of aliphatic hydroxyl groups excluding tert-OH is 1. The van der Waals surface area contributed by atoms with Crippen LogP contribution in [0.25, 0.3) is 0 Å². The molecule has 3 heteroatoms. The van der Waals surface area contributed by atoms with Crippen molar-refractivity contribution in [2.75, 3.05) is 0 Å². The van der Waals surface area contributed by atoms with Crippen LogP contribution in [-0.4, -0.2) is 17.4 Å². The number of rotatable bonds is 5. The summed E-state index contributed by atoms with van der Waals surface area (Å²) in [5, 5.41) is 9.29. The van der Waals surface area contributed by atoms with Gasteiger partial charge in [-0.1, -0.05) is 26.8 Å². The summed E-state index contributed by atoms with van der Waals surface area (Å²) >= 11 is 0. The average Bonchev–Trinajstić information content (AvgIpc) is 2.03. The lowest BCUT2D eigenvalue weighted by molar-refractivity contribution is -0.165. The molecule has 0 aromatic carbocycles. The maximum Gasteiger partial charge on any atom is 0.335 e. The third-order valence-electron chi connectivity index (χ3n) is 1.89. The van der Waals surface area contributed by atoms with E-state index >= 15 is 0 Å². The molecule has 0 aromatic rings. The lowest BCUT2D eigenvalue weighted by Gasteiger charge is -2.15. The summed E-state index contributed by atoms with van der Waals surface area (Å²) < 4.78 is 4.70. The van der Waals surface area contributed by atoms with E-state index in [2.05, 4.69) is 6.58 Å². The Balaban J connectivity index is 3.80. The van der Waals surface area contributed by atoms with Crippen molar-refractivity contribution >= 4 is 5.97 Å². The van der Waals surface area contributed by atoms with Crippen molar-refractivity contribution in [2.24, 2.45) is 5.92 Å². The van der Waals surface area contributed by atoms with Gasteiger partial charge in [0.1, 0.15) is 0 Å². The van der Waals surface area contributed by atoms with Gasteiger partial charge in [0.15, 0.2) is 0 Å². The number of aliphatic hydroxyl groups is 1. The van der Waals surface area contributed by atoms with Crippen molar-refractivity contribution in [3.05, 3.63) is 12.2 Å². The van der Waals surface area contributed by atoms with Gasteiger partial charge in [0.25, 0.3) is 0 Å². The fourth-order valence-electron chi connectivity index (χ4n) is 0.783. The summed E-state index contributed by atoms with van der Waals surface area (Å²) in [5.41, 5.74) is 0.309. The van der Waals surface area contributed by atoms with E-state index in [0.29, 0.717) is 17.9 Å². The van der Waals surface area contributed by atoms with Gasteiger partial charge in [0.05, 0.1) is 0 Å². The molecule has 3 nitrogen and oxygen atoms in total. The van der Waals surface area contributed by atoms with E-state index < -0.39 is 12.3 Å². The SMILES string of the molecule is C=C(C)C(=O)OC(O)CC(C)CC. The van der Waals surface area contributed by atoms with Crippen LogP contribution in [0.4, 0.5) is 0 Å². The Labute approximate surface area is 79.4 Å². The zero-order chi connectivity index (χ0) is 10.4. The zero-order valence-electron chi connectivity index (χ0n) is 8.54. The maximum absolute atomic E-state index is 10.9. The summed E-state index contributed by atoms with van der Waals surface area (Å²) in [6.45, 7) is 9.00. The van der Waals surface area contributed by atoms with Gasteiger partial charge in [-0.2, -0.15) is 0 Å². The third kappa shape index (κ3) is 5.42. The number of carbonyl (C=O) groups is 1. The molecule has 0 fully saturated rings. The van der Waals surface area contributed by atoms with E-state index in [1.165, 1.54) is 0 Å². The predicted molar refractivity (Wildman–Crippen MR) is 51.0 cm³/mol. The highest BCUT2D eigenvalue weighted by molar-refractivity contribution is 5.86. The fourth-order valence-corrected chi connectivity index (χ4v) is 0.783. The van der Waals surface area contributed by atoms with Crippen LogP contribution in [0.1, 0.15) is 33.6 Å². The highest BCUT2D eigenvalue weighted by Crippen LogP contribution is 2.11. The van der Waals surface area contributed by atoms with Crippen molar-refractivity contribution < 1.29 is 14.6 Å². The minimum Gasteiger partial charge on any atom is -0.433 e. The monoisotopic (exact) mass is 186 g/mol. The molecular weight excluding hydrogens is 168 g/mol. The molecule has 0 rings (SSSR count). The zero-order valence-corrected chi connectivity index (χ0v) is 8.54. The fraction of sp³-hybridized carbons (Fsp3) is 0.700. The van der Waals surface area contributed by atoms with Crippen LogP contribution in [0.3, 0.4) is 0 Å². The van der Waals surface area contributed by atoms with Crippen molar-refractivity contribution in [1.82, 2.24) is 0 Å². The van der Waals surface area contributed by atoms with Crippen LogP contribution >= 0.6 is 0 Å². The van der Waals surface area contributed by atoms with Gasteiger partial charge < -0.3 is 9.84 Å². The van der Waals surface area contributed by atoms with Gasteiger partial charge in [-0.05, 0) is 12.8 Å². The van der Waals surface area contributed by atoms with Gasteiger partial charge in [-0.15, -0.1) is 0 Å². The summed E-state index contributed by atoms with van der Waals surface area (Å²) in [4.78, 5) is 10.9. The van der Waals surface area contributed by atoms with Crippen LogP contribution in [-0.2, 0) is 9.53 Å². The van der Waals surface area contributed by atoms with E-state index in [9.17, 15) is 9.90 Å². The van der Waals surface area contributed by atoms with Crippen LogP contribution in [0.5, 0.6) is 0 Å². The number of hydrogen-bond acceptors (Lipinski definition) is 3. The Morgan fingerprint density at radius 3 is 2.54 bits per heavy atom. The average molecular weight is 186 g/mol. The molecule has 2 unspecified atom stereocenters. The maximum atomic E-state index is 10.9. The second kappa shape index (κ2) is 5.75. The van der Waals surface area contributed by atoms with Crippen molar-refractivity contribution in [3.8, 4) is 0 Å². The molecule has 2 atom stereocenters. The first-order valence-electron chi connectivity index (χ1n) is 4.51. The Bertz CT molecular complexity index is 187. The second-order valence-corrected chi connectivity index (χ2v) is 3.39. The van der Waals surface area contributed by atoms with Gasteiger partial charge in [0.2, 0.25) is 6.29 Å². The summed E-state index contributed by atoms with van der Waals surface area (Å²) in [6.07, 6.45) is 0.441. The topological polar surface area (TPSA) is 46.5 Å². The van der Waals surface area contributed by atoms with E-state index in [4.69, 9.17) is 4.74 Å². The first kappa shape index (κ1) is 12.2. The number of ether oxygens (including phenoxy) is 1. The number of carbonyl (C=O) groups excluding carboxylic acids is 1. The Hall–Kier alpha value is -0.830. The minimum atomic E-state index is -1.00. The molecule has 13 heavy (non-hydrogen) atoms. The van der Waals surface area contributed by atoms with E-state index in [1.54, 1.807) is 6.92 Å². The van der Waals surface area contributed by atoms with E-state index in [0.717, 1.165) is 6.42 Å². The molecule has 0 spiro atoms. The summed E-state index contributed by atoms with van der Waals surface area (Å²) in [5.74, 6) is -0.177. The molecule has 0 bridgehead atoms. The standard InChI is InChI=1S/C10H18O3/c1-5-8(4)6-9(11)13-10(12)7(2)3/h8-9,11H,2,5-6H2,1,3-4H3. The van der Waals surface area contributed by atoms with Crippen molar-refractivity contribution in [1.29, 1.82) is 0 Å². The van der Waals surface area contributed by atoms with Gasteiger partial charge >= 0.3 is 5.97 Å². The quantitative estimate of drug-likeness (QED) is 0.405. The Kier molecular flexibility index (Phi) is 5.39. The predicted octanol–water partition coefficient (Wildman–Crippen LogP) is 1.86. The summed E-state index contributed by atoms with van der Waals surface area (Å²) in [6, 6.07) is 0. The molecule has 0 amide bonds. The highest BCUT2D eigenvalue weighted by atomic mass is 16.6. The minimum absolute atomic E-state index is 0.309. The Morgan fingerprint density at radius 1 is 1.62 bits per heavy atom. The smallest absolute Gasteiger partial charge is 0.335 e. The lowest BCUT2D eigenvalue weighted by atomic mass is 10.1. The first-order valence-corrected chi connectivity index (χ1v) is 4.51. The van der Waals surface area contributed by atoms with Crippen LogP contribution in [0, 0.1) is 5.92 Å². The molecule has 1 N–H and O–H groups in total. The van der Waals surface area contributed by atoms with Crippen molar-refractivity contribution in [3.63, 3.8) is 0 Å². The van der Waals surface area contributed by atoms with Gasteiger partial charge in [-0.25, -0.2) is 4.79 Å². The lowest BCUT2D eigenvalue weighted by Crippen LogP contribution is -2.20. The van der Waals surface area contributed by atoms with E-state index in [1.807, 2.05) is 13.8 Å². The summed E-state index contributed by atoms with van der Waals surface area (Å²) in [7, 11) is 0. The second-order valence-electron chi connectivity index (χ2n) is 3.39. The van der Waals surface area contributed by atoms with Gasteiger partial charge in [-0.3, -0.25) is 0 Å². The molecule has 0 aromatic heterocycles. The largest absolute Gasteiger partial charge is 0.433 e. The van der Waals surface area contributed by atoms with Gasteiger partial charge in [0, 0.05) is 12.0 Å². The molecule has 0 aliphatic heterocycles. The van der Waals surface area contributed by atoms with Crippen LogP contribution in [0.15, 0.2) is 12.2 Å². The Morgan fingerprint density at radius 2 is 2.15 bits per heavy atom. The highest BCUT2D eigenvalue weighted by Gasteiger charge is 2.13. The number of hydrogen-bond donors (Lipinski definition) is 1. The normalized spacial score (nSPS) is 14.8. The third-order valence-corrected chi connectivity index (χ3v) is 1.89. The molecule has 76 valence electrons. The van der Waals surface area contributed by atoms with Crippen LogP contribution in [0.2, 0.25) is 0 Å². The van der Waals surface area contributed by atoms with Crippen LogP contribution < -0.4 is 0 Å². The molecule has 0 heterocycles. The van der Waals surface area contributed by atoms with Crippen molar-refractivity contribution in [2.45, 2.75) is 39.9 Å². The molecule has 0 aliphatic rings. The molecule has 0 radical (unpaired) electrons. The van der Waals surface area contributed by atoms with E-state index in [-0.39, 0.29) is 0 Å². The molecule has 0 saturated heterocycles. The molecule has 0 saturated carbocycles. The first-order chi connectivity index (χ1) is 5.97. The molecular formula is C10H18O3. The number of esters is 1. The molecule has 0 aliphatic carbocycles.